The average molecular weight is 263 g/mol. The van der Waals surface area contributed by atoms with Gasteiger partial charge in [0.25, 0.3) is 5.91 Å². The normalized spacial score (nSPS) is 26.8. The molecule has 6 heteroatoms. The number of carbonyl (C=O) groups excluding carboxylic acids is 1. The van der Waals surface area contributed by atoms with Gasteiger partial charge < -0.3 is 10.7 Å². The fraction of sp³-hybridized carbons (Fsp3) is 0.615. The summed E-state index contributed by atoms with van der Waals surface area (Å²) >= 11 is 0. The highest BCUT2D eigenvalue weighted by Gasteiger charge is 2.25. The first-order valence-corrected chi connectivity index (χ1v) is 6.69. The molecule has 1 amide bonds. The van der Waals surface area contributed by atoms with Gasteiger partial charge in [0.05, 0.1) is 0 Å². The zero-order valence-electron chi connectivity index (χ0n) is 11.4. The molecule has 19 heavy (non-hydrogen) atoms. The lowest BCUT2D eigenvalue weighted by Gasteiger charge is -2.31. The minimum absolute atomic E-state index is 0.164. The van der Waals surface area contributed by atoms with E-state index in [1.807, 2.05) is 0 Å². The van der Waals surface area contributed by atoms with Crippen LogP contribution in [0.25, 0.3) is 0 Å². The first-order valence-electron chi connectivity index (χ1n) is 6.69. The summed E-state index contributed by atoms with van der Waals surface area (Å²) in [5.41, 5.74) is 2.70. The van der Waals surface area contributed by atoms with E-state index in [1.165, 1.54) is 6.42 Å². The van der Waals surface area contributed by atoms with Crippen molar-refractivity contribution in [3.63, 3.8) is 0 Å². The predicted octanol–water partition coefficient (Wildman–Crippen LogP) is 1.32. The third kappa shape index (κ3) is 3.64. The first-order chi connectivity index (χ1) is 9.08. The third-order valence-electron chi connectivity index (χ3n) is 3.56. The van der Waals surface area contributed by atoms with Crippen LogP contribution >= 0.6 is 0 Å². The molecular weight excluding hydrogens is 242 g/mol. The van der Waals surface area contributed by atoms with Crippen molar-refractivity contribution in [3.05, 3.63) is 17.8 Å². The number of nitrogens with two attached hydrogens (primary N) is 1. The van der Waals surface area contributed by atoms with E-state index in [0.717, 1.165) is 12.8 Å². The molecule has 0 radical (unpaired) electrons. The molecule has 104 valence electrons. The molecule has 1 aromatic rings. The lowest BCUT2D eigenvalue weighted by Crippen LogP contribution is -2.40. The zero-order chi connectivity index (χ0) is 13.8. The van der Waals surface area contributed by atoms with Crippen LogP contribution in [0.2, 0.25) is 0 Å². The van der Waals surface area contributed by atoms with Crippen molar-refractivity contribution in [2.24, 2.45) is 17.7 Å². The number of anilines is 1. The number of hydrogen-bond donors (Lipinski definition) is 3. The fourth-order valence-corrected chi connectivity index (χ4v) is 2.85. The SMILES string of the molecule is CC1CC(C)CC(NC(=O)c2ccc(NN)nn2)C1. The molecule has 2 rings (SSSR count). The van der Waals surface area contributed by atoms with E-state index in [9.17, 15) is 4.79 Å². The number of nitrogens with zero attached hydrogens (tertiary/aromatic N) is 2. The zero-order valence-corrected chi connectivity index (χ0v) is 11.4. The van der Waals surface area contributed by atoms with Crippen LogP contribution in [0.5, 0.6) is 0 Å². The van der Waals surface area contributed by atoms with Crippen LogP contribution in [0.1, 0.15) is 43.6 Å². The summed E-state index contributed by atoms with van der Waals surface area (Å²) in [7, 11) is 0. The maximum Gasteiger partial charge on any atom is 0.272 e. The summed E-state index contributed by atoms with van der Waals surface area (Å²) in [4.78, 5) is 12.1. The van der Waals surface area contributed by atoms with Crippen molar-refractivity contribution >= 4 is 11.7 Å². The van der Waals surface area contributed by atoms with Crippen molar-refractivity contribution < 1.29 is 4.79 Å². The molecule has 2 unspecified atom stereocenters. The molecule has 4 N–H and O–H groups in total. The molecule has 2 atom stereocenters. The Kier molecular flexibility index (Phi) is 4.31. The van der Waals surface area contributed by atoms with Crippen LogP contribution < -0.4 is 16.6 Å². The number of hydrazine groups is 1. The molecule has 1 aromatic heterocycles. The molecule has 0 saturated heterocycles. The summed E-state index contributed by atoms with van der Waals surface area (Å²) in [5, 5.41) is 10.7. The standard InChI is InChI=1S/C13H21N5O/c1-8-5-9(2)7-10(6-8)15-13(19)11-3-4-12(16-14)18-17-11/h3-4,8-10H,5-7,14H2,1-2H3,(H,15,19)(H,16,18). The summed E-state index contributed by atoms with van der Waals surface area (Å²) in [5.74, 6) is 6.79. The molecule has 1 aliphatic rings. The maximum atomic E-state index is 12.1. The second-order valence-electron chi connectivity index (χ2n) is 5.54. The molecule has 1 fully saturated rings. The van der Waals surface area contributed by atoms with E-state index >= 15 is 0 Å². The van der Waals surface area contributed by atoms with E-state index in [2.05, 4.69) is 34.8 Å². The lowest BCUT2D eigenvalue weighted by molar-refractivity contribution is 0.0905. The maximum absolute atomic E-state index is 12.1. The van der Waals surface area contributed by atoms with Crippen LogP contribution in [-0.2, 0) is 0 Å². The van der Waals surface area contributed by atoms with Gasteiger partial charge in [-0.3, -0.25) is 4.79 Å². The van der Waals surface area contributed by atoms with E-state index in [4.69, 9.17) is 5.84 Å². The highest BCUT2D eigenvalue weighted by atomic mass is 16.2. The highest BCUT2D eigenvalue weighted by molar-refractivity contribution is 5.92. The van der Waals surface area contributed by atoms with E-state index in [1.54, 1.807) is 12.1 Å². The summed E-state index contributed by atoms with van der Waals surface area (Å²) < 4.78 is 0. The molecule has 1 heterocycles. The Balaban J connectivity index is 1.96. The number of amides is 1. The largest absolute Gasteiger partial charge is 0.348 e. The Labute approximate surface area is 113 Å². The van der Waals surface area contributed by atoms with Crippen LogP contribution in [0.4, 0.5) is 5.82 Å². The number of carbonyl (C=O) groups is 1. The van der Waals surface area contributed by atoms with Crippen LogP contribution in [0.15, 0.2) is 12.1 Å². The molecule has 6 nitrogen and oxygen atoms in total. The Morgan fingerprint density at radius 3 is 2.42 bits per heavy atom. The van der Waals surface area contributed by atoms with Gasteiger partial charge in [-0.25, -0.2) is 5.84 Å². The smallest absolute Gasteiger partial charge is 0.272 e. The minimum Gasteiger partial charge on any atom is -0.348 e. The molecule has 1 saturated carbocycles. The van der Waals surface area contributed by atoms with E-state index in [0.29, 0.717) is 23.3 Å². The first kappa shape index (κ1) is 13.7. The quantitative estimate of drug-likeness (QED) is 0.565. The Hall–Kier alpha value is -1.69. The van der Waals surface area contributed by atoms with Gasteiger partial charge in [-0.15, -0.1) is 10.2 Å². The van der Waals surface area contributed by atoms with Gasteiger partial charge in [0.1, 0.15) is 0 Å². The summed E-state index contributed by atoms with van der Waals surface area (Å²) in [6, 6.07) is 3.49. The van der Waals surface area contributed by atoms with Crippen LogP contribution in [0, 0.1) is 11.8 Å². The van der Waals surface area contributed by atoms with E-state index in [-0.39, 0.29) is 11.9 Å². The number of nitrogens with one attached hydrogen (secondary N) is 2. The fourth-order valence-electron chi connectivity index (χ4n) is 2.85. The summed E-state index contributed by atoms with van der Waals surface area (Å²) in [6.45, 7) is 4.46. The predicted molar refractivity (Wildman–Crippen MR) is 73.3 cm³/mol. The monoisotopic (exact) mass is 263 g/mol. The Morgan fingerprint density at radius 2 is 1.89 bits per heavy atom. The molecular formula is C13H21N5O. The van der Waals surface area contributed by atoms with Gasteiger partial charge in [-0.05, 0) is 43.2 Å². The van der Waals surface area contributed by atoms with Crippen molar-refractivity contribution in [1.29, 1.82) is 0 Å². The Bertz CT molecular complexity index is 423. The number of rotatable bonds is 3. The number of hydrogen-bond acceptors (Lipinski definition) is 5. The van der Waals surface area contributed by atoms with Gasteiger partial charge in [0.15, 0.2) is 11.5 Å². The van der Waals surface area contributed by atoms with Crippen LogP contribution in [0.3, 0.4) is 0 Å². The highest BCUT2D eigenvalue weighted by Crippen LogP contribution is 2.28. The van der Waals surface area contributed by atoms with Crippen molar-refractivity contribution in [1.82, 2.24) is 15.5 Å². The molecule has 0 aliphatic heterocycles. The van der Waals surface area contributed by atoms with Gasteiger partial charge >= 0.3 is 0 Å². The van der Waals surface area contributed by atoms with Gasteiger partial charge in [0, 0.05) is 6.04 Å². The summed E-state index contributed by atoms with van der Waals surface area (Å²) in [6.07, 6.45) is 3.31. The topological polar surface area (TPSA) is 92.9 Å². The molecule has 0 aromatic carbocycles. The second-order valence-corrected chi connectivity index (χ2v) is 5.54. The second kappa shape index (κ2) is 5.97. The number of aromatic nitrogens is 2. The van der Waals surface area contributed by atoms with Crippen LogP contribution in [-0.4, -0.2) is 22.1 Å². The minimum atomic E-state index is -0.164. The van der Waals surface area contributed by atoms with Crippen molar-refractivity contribution in [3.8, 4) is 0 Å². The van der Waals surface area contributed by atoms with Gasteiger partial charge in [0.2, 0.25) is 0 Å². The third-order valence-corrected chi connectivity index (χ3v) is 3.56. The molecule has 0 spiro atoms. The molecule has 0 bridgehead atoms. The van der Waals surface area contributed by atoms with Gasteiger partial charge in [-0.1, -0.05) is 13.8 Å². The lowest BCUT2D eigenvalue weighted by atomic mass is 9.80. The average Bonchev–Trinajstić information content (AvgIpc) is 2.37. The molecule has 1 aliphatic carbocycles. The Morgan fingerprint density at radius 1 is 1.21 bits per heavy atom. The van der Waals surface area contributed by atoms with Gasteiger partial charge in [-0.2, -0.15) is 0 Å². The van der Waals surface area contributed by atoms with Crippen molar-refractivity contribution in [2.75, 3.05) is 5.43 Å². The van der Waals surface area contributed by atoms with Crippen molar-refractivity contribution in [2.45, 2.75) is 39.2 Å². The number of nitrogen functional groups attached to an aromatic ring is 1. The van der Waals surface area contributed by atoms with E-state index < -0.39 is 0 Å².